The van der Waals surface area contributed by atoms with Crippen LogP contribution in [0.5, 0.6) is 5.75 Å². The number of benzene rings is 2. The van der Waals surface area contributed by atoms with Crippen molar-refractivity contribution in [3.05, 3.63) is 65.7 Å². The molecule has 0 saturated heterocycles. The third-order valence-electron chi connectivity index (χ3n) is 3.65. The van der Waals surface area contributed by atoms with E-state index >= 15 is 0 Å². The Labute approximate surface area is 136 Å². The highest BCUT2D eigenvalue weighted by atomic mass is 16.5. The fourth-order valence-electron chi connectivity index (χ4n) is 2.31. The lowest BCUT2D eigenvalue weighted by atomic mass is 9.97. The van der Waals surface area contributed by atoms with Crippen molar-refractivity contribution < 1.29 is 14.7 Å². The molecule has 23 heavy (non-hydrogen) atoms. The number of carbonyl (C=O) groups excluding carboxylic acids is 1. The van der Waals surface area contributed by atoms with Gasteiger partial charge < -0.3 is 10.9 Å². The third-order valence-corrected chi connectivity index (χ3v) is 3.65. The Morgan fingerprint density at radius 1 is 1.04 bits per heavy atom. The van der Waals surface area contributed by atoms with Gasteiger partial charge in [-0.3, -0.25) is 10.0 Å². The van der Waals surface area contributed by atoms with Crippen LogP contribution in [0.4, 0.5) is 0 Å². The van der Waals surface area contributed by atoms with E-state index in [0.29, 0.717) is 0 Å². The van der Waals surface area contributed by atoms with Gasteiger partial charge in [0.2, 0.25) is 5.91 Å². The Kier molecular flexibility index (Phi) is 7.25. The second kappa shape index (κ2) is 8.92. The predicted molar refractivity (Wildman–Crippen MR) is 89.9 cm³/mol. The van der Waals surface area contributed by atoms with E-state index in [4.69, 9.17) is 9.94 Å². The SMILES string of the molecule is CC(CC(=O)NO)c1ccc(OC(C)c2ccccc2)cc1.N. The number of nitrogens with one attached hydrogen (secondary N) is 1. The highest BCUT2D eigenvalue weighted by Crippen LogP contribution is 2.25. The summed E-state index contributed by atoms with van der Waals surface area (Å²) in [6.07, 6.45) is 0.224. The number of rotatable bonds is 6. The summed E-state index contributed by atoms with van der Waals surface area (Å²) in [5, 5.41) is 8.56. The van der Waals surface area contributed by atoms with Crippen molar-refractivity contribution in [2.45, 2.75) is 32.3 Å². The first-order valence-electron chi connectivity index (χ1n) is 7.34. The minimum Gasteiger partial charge on any atom is -0.486 e. The second-order valence-electron chi connectivity index (χ2n) is 5.38. The molecule has 5 heteroatoms. The van der Waals surface area contributed by atoms with Gasteiger partial charge in [0, 0.05) is 6.42 Å². The minimum absolute atomic E-state index is 0. The molecule has 124 valence electrons. The van der Waals surface area contributed by atoms with Gasteiger partial charge in [0.1, 0.15) is 11.9 Å². The molecule has 2 aromatic rings. The molecule has 2 unspecified atom stereocenters. The third kappa shape index (κ3) is 5.39. The summed E-state index contributed by atoms with van der Waals surface area (Å²) in [4.78, 5) is 11.2. The maximum Gasteiger partial charge on any atom is 0.243 e. The molecule has 2 rings (SSSR count). The molecule has 0 aromatic heterocycles. The smallest absolute Gasteiger partial charge is 0.243 e. The Balaban J connectivity index is 0.00000264. The van der Waals surface area contributed by atoms with Crippen LogP contribution < -0.4 is 16.4 Å². The van der Waals surface area contributed by atoms with Gasteiger partial charge in [-0.25, -0.2) is 5.48 Å². The molecule has 0 radical (unpaired) electrons. The maximum atomic E-state index is 11.2. The van der Waals surface area contributed by atoms with E-state index in [2.05, 4.69) is 0 Å². The van der Waals surface area contributed by atoms with Gasteiger partial charge in [0.15, 0.2) is 0 Å². The summed E-state index contributed by atoms with van der Waals surface area (Å²) in [6.45, 7) is 3.95. The molecule has 0 aliphatic heterocycles. The molecular formula is C18H24N2O3. The molecule has 0 saturated carbocycles. The molecule has 2 atom stereocenters. The average Bonchev–Trinajstić information content (AvgIpc) is 2.56. The van der Waals surface area contributed by atoms with E-state index in [1.54, 1.807) is 5.48 Å². The van der Waals surface area contributed by atoms with Crippen LogP contribution in [-0.4, -0.2) is 11.1 Å². The van der Waals surface area contributed by atoms with Crippen molar-refractivity contribution >= 4 is 5.91 Å². The zero-order chi connectivity index (χ0) is 15.9. The molecule has 5 N–H and O–H groups in total. The molecule has 1 amide bonds. The Morgan fingerprint density at radius 3 is 2.22 bits per heavy atom. The number of hydrogen-bond donors (Lipinski definition) is 3. The normalized spacial score (nSPS) is 12.7. The Hall–Kier alpha value is -2.37. The fraction of sp³-hybridized carbons (Fsp3) is 0.278. The van der Waals surface area contributed by atoms with E-state index in [9.17, 15) is 4.79 Å². The Morgan fingerprint density at radius 2 is 1.65 bits per heavy atom. The zero-order valence-corrected chi connectivity index (χ0v) is 13.5. The molecule has 0 bridgehead atoms. The van der Waals surface area contributed by atoms with Crippen molar-refractivity contribution in [1.29, 1.82) is 0 Å². The predicted octanol–water partition coefficient (Wildman–Crippen LogP) is 3.99. The van der Waals surface area contributed by atoms with E-state index in [-0.39, 0.29) is 30.5 Å². The summed E-state index contributed by atoms with van der Waals surface area (Å²) in [5.41, 5.74) is 3.81. The summed E-state index contributed by atoms with van der Waals surface area (Å²) in [6, 6.07) is 17.7. The van der Waals surface area contributed by atoms with Crippen LogP contribution in [0.2, 0.25) is 0 Å². The first-order chi connectivity index (χ1) is 10.6. The molecule has 0 aliphatic rings. The first kappa shape index (κ1) is 18.7. The molecule has 5 nitrogen and oxygen atoms in total. The number of amides is 1. The summed E-state index contributed by atoms with van der Waals surface area (Å²) >= 11 is 0. The van der Waals surface area contributed by atoms with Gasteiger partial charge in [-0.15, -0.1) is 0 Å². The quantitative estimate of drug-likeness (QED) is 0.555. The van der Waals surface area contributed by atoms with Gasteiger partial charge in [0.25, 0.3) is 0 Å². The lowest BCUT2D eigenvalue weighted by Gasteiger charge is -2.16. The first-order valence-corrected chi connectivity index (χ1v) is 7.34. The Bertz CT molecular complexity index is 599. The van der Waals surface area contributed by atoms with Crippen molar-refractivity contribution in [3.8, 4) is 5.75 Å². The van der Waals surface area contributed by atoms with Crippen LogP contribution in [-0.2, 0) is 4.79 Å². The number of ether oxygens (including phenoxy) is 1. The maximum absolute atomic E-state index is 11.2. The van der Waals surface area contributed by atoms with Crippen LogP contribution in [0.1, 0.15) is 43.4 Å². The largest absolute Gasteiger partial charge is 0.486 e. The van der Waals surface area contributed by atoms with E-state index in [1.165, 1.54) is 0 Å². The summed E-state index contributed by atoms with van der Waals surface area (Å²) in [7, 11) is 0. The highest BCUT2D eigenvalue weighted by molar-refractivity contribution is 5.75. The van der Waals surface area contributed by atoms with Gasteiger partial charge in [-0.1, -0.05) is 49.4 Å². The van der Waals surface area contributed by atoms with Crippen LogP contribution in [0.3, 0.4) is 0 Å². The van der Waals surface area contributed by atoms with Gasteiger partial charge >= 0.3 is 0 Å². The van der Waals surface area contributed by atoms with Crippen LogP contribution in [0, 0.1) is 0 Å². The van der Waals surface area contributed by atoms with Gasteiger partial charge in [-0.2, -0.15) is 0 Å². The highest BCUT2D eigenvalue weighted by Gasteiger charge is 2.11. The minimum atomic E-state index is -0.384. The standard InChI is InChI=1S/C18H21NO3.H3N/c1-13(12-18(20)19-21)15-8-10-17(11-9-15)22-14(2)16-6-4-3-5-7-16;/h3-11,13-14,21H,12H2,1-2H3,(H,19,20);1H3. The van der Waals surface area contributed by atoms with Gasteiger partial charge in [0.05, 0.1) is 0 Å². The molecule has 0 aliphatic carbocycles. The molecule has 2 aromatic carbocycles. The molecule has 0 fully saturated rings. The topological polar surface area (TPSA) is 93.6 Å². The molecule has 0 spiro atoms. The fourth-order valence-corrected chi connectivity index (χ4v) is 2.31. The summed E-state index contributed by atoms with van der Waals surface area (Å²) < 4.78 is 5.92. The lowest BCUT2D eigenvalue weighted by molar-refractivity contribution is -0.129. The van der Waals surface area contributed by atoms with Crippen LogP contribution in [0.25, 0.3) is 0 Å². The monoisotopic (exact) mass is 316 g/mol. The van der Waals surface area contributed by atoms with Crippen molar-refractivity contribution in [2.75, 3.05) is 0 Å². The molecular weight excluding hydrogens is 292 g/mol. The number of hydrogen-bond acceptors (Lipinski definition) is 4. The van der Waals surface area contributed by atoms with Crippen LogP contribution >= 0.6 is 0 Å². The van der Waals surface area contributed by atoms with E-state index < -0.39 is 0 Å². The number of hydroxylamine groups is 1. The van der Waals surface area contributed by atoms with E-state index in [0.717, 1.165) is 16.9 Å². The lowest BCUT2D eigenvalue weighted by Crippen LogP contribution is -2.20. The van der Waals surface area contributed by atoms with Crippen molar-refractivity contribution in [3.63, 3.8) is 0 Å². The average molecular weight is 316 g/mol. The second-order valence-corrected chi connectivity index (χ2v) is 5.38. The van der Waals surface area contributed by atoms with Crippen molar-refractivity contribution in [2.24, 2.45) is 0 Å². The van der Waals surface area contributed by atoms with Gasteiger partial charge in [-0.05, 0) is 36.1 Å². The van der Waals surface area contributed by atoms with Crippen molar-refractivity contribution in [1.82, 2.24) is 11.6 Å². The van der Waals surface area contributed by atoms with E-state index in [1.807, 2.05) is 68.4 Å². The summed E-state index contributed by atoms with van der Waals surface area (Å²) in [5.74, 6) is 0.442. The van der Waals surface area contributed by atoms with Crippen LogP contribution in [0.15, 0.2) is 54.6 Å². The number of carbonyl (C=O) groups is 1. The zero-order valence-electron chi connectivity index (χ0n) is 13.5. The molecule has 0 heterocycles.